The van der Waals surface area contributed by atoms with Crippen LogP contribution in [-0.4, -0.2) is 25.9 Å². The quantitative estimate of drug-likeness (QED) is 0.564. The van der Waals surface area contributed by atoms with Crippen LogP contribution in [0, 0.1) is 0 Å². The maximum Gasteiger partial charge on any atom is 0.264 e. The molecule has 4 aromatic rings. The predicted octanol–water partition coefficient (Wildman–Crippen LogP) is 2.93. The van der Waals surface area contributed by atoms with Gasteiger partial charge in [-0.3, -0.25) is 14.3 Å². The summed E-state index contributed by atoms with van der Waals surface area (Å²) in [5.74, 6) is -0.197. The third kappa shape index (κ3) is 4.04. The zero-order chi connectivity index (χ0) is 19.3. The van der Waals surface area contributed by atoms with Gasteiger partial charge in [0.05, 0.1) is 12.2 Å². The van der Waals surface area contributed by atoms with Gasteiger partial charge in [-0.25, -0.2) is 5.10 Å². The second-order valence-electron chi connectivity index (χ2n) is 6.24. The lowest BCUT2D eigenvalue weighted by atomic mass is 10.1. The Kier molecular flexibility index (Phi) is 4.79. The predicted molar refractivity (Wildman–Crippen MR) is 106 cm³/mol. The summed E-state index contributed by atoms with van der Waals surface area (Å²) < 4.78 is 1.82. The molecule has 0 aliphatic heterocycles. The molecule has 2 aromatic carbocycles. The van der Waals surface area contributed by atoms with Gasteiger partial charge in [-0.1, -0.05) is 24.3 Å². The van der Waals surface area contributed by atoms with Crippen LogP contribution in [0.4, 0.5) is 5.69 Å². The number of hydrogen-bond acceptors (Lipinski definition) is 4. The van der Waals surface area contributed by atoms with Crippen molar-refractivity contribution in [3.8, 4) is 11.3 Å². The van der Waals surface area contributed by atoms with Crippen molar-refractivity contribution >= 4 is 11.6 Å². The Labute approximate surface area is 160 Å². The molecule has 2 N–H and O–H groups in total. The highest BCUT2D eigenvalue weighted by Gasteiger charge is 2.08. The highest BCUT2D eigenvalue weighted by Crippen LogP contribution is 2.20. The van der Waals surface area contributed by atoms with Crippen LogP contribution in [0.15, 0.2) is 83.9 Å². The van der Waals surface area contributed by atoms with E-state index in [-0.39, 0.29) is 11.5 Å². The second kappa shape index (κ2) is 7.71. The van der Waals surface area contributed by atoms with Crippen LogP contribution in [0.1, 0.15) is 15.9 Å². The first-order valence-corrected chi connectivity index (χ1v) is 8.71. The molecule has 1 amide bonds. The standard InChI is InChI=1S/C21H17N5O2/c27-20-10-9-19(24-25-20)17-3-1-4-18(13-17)23-21(28)16-7-5-15(6-8-16)14-26-12-2-11-22-26/h1-13H,14H2,(H,23,28)(H,25,27). The van der Waals surface area contributed by atoms with E-state index in [9.17, 15) is 9.59 Å². The third-order valence-electron chi connectivity index (χ3n) is 4.22. The minimum Gasteiger partial charge on any atom is -0.322 e. The monoisotopic (exact) mass is 371 g/mol. The van der Waals surface area contributed by atoms with Gasteiger partial charge < -0.3 is 5.32 Å². The van der Waals surface area contributed by atoms with E-state index in [1.165, 1.54) is 6.07 Å². The smallest absolute Gasteiger partial charge is 0.264 e. The summed E-state index contributed by atoms with van der Waals surface area (Å²) in [6, 6.07) is 19.6. The highest BCUT2D eigenvalue weighted by atomic mass is 16.1. The molecule has 2 heterocycles. The van der Waals surface area contributed by atoms with Crippen LogP contribution >= 0.6 is 0 Å². The van der Waals surface area contributed by atoms with Gasteiger partial charge in [-0.05, 0) is 42.0 Å². The molecule has 0 spiro atoms. The lowest BCUT2D eigenvalue weighted by Gasteiger charge is -2.08. The number of aromatic amines is 1. The van der Waals surface area contributed by atoms with Crippen LogP contribution in [0.2, 0.25) is 0 Å². The molecule has 0 fully saturated rings. The molecule has 0 aliphatic carbocycles. The van der Waals surface area contributed by atoms with Crippen LogP contribution < -0.4 is 10.9 Å². The third-order valence-corrected chi connectivity index (χ3v) is 4.22. The molecule has 0 radical (unpaired) electrons. The van der Waals surface area contributed by atoms with Crippen molar-refractivity contribution < 1.29 is 4.79 Å². The number of amides is 1. The number of H-pyrrole nitrogens is 1. The molecular weight excluding hydrogens is 354 g/mol. The number of nitrogens with zero attached hydrogens (tertiary/aromatic N) is 3. The molecule has 0 aliphatic rings. The van der Waals surface area contributed by atoms with Crippen molar-refractivity contribution in [2.75, 3.05) is 5.32 Å². The first-order valence-electron chi connectivity index (χ1n) is 8.71. The minimum absolute atomic E-state index is 0.197. The van der Waals surface area contributed by atoms with Crippen molar-refractivity contribution in [2.24, 2.45) is 0 Å². The van der Waals surface area contributed by atoms with Crippen molar-refractivity contribution in [3.05, 3.63) is 101 Å². The number of rotatable bonds is 5. The van der Waals surface area contributed by atoms with Crippen LogP contribution in [0.25, 0.3) is 11.3 Å². The first kappa shape index (κ1) is 17.4. The molecular formula is C21H17N5O2. The van der Waals surface area contributed by atoms with E-state index in [0.29, 0.717) is 23.5 Å². The van der Waals surface area contributed by atoms with Crippen LogP contribution in [-0.2, 0) is 6.54 Å². The fourth-order valence-electron chi connectivity index (χ4n) is 2.81. The average molecular weight is 371 g/mol. The van der Waals surface area contributed by atoms with Gasteiger partial charge >= 0.3 is 0 Å². The molecule has 4 rings (SSSR count). The van der Waals surface area contributed by atoms with Crippen molar-refractivity contribution in [2.45, 2.75) is 6.54 Å². The van der Waals surface area contributed by atoms with E-state index in [2.05, 4.69) is 20.6 Å². The van der Waals surface area contributed by atoms with E-state index in [0.717, 1.165) is 11.1 Å². The fourth-order valence-corrected chi connectivity index (χ4v) is 2.81. The number of aromatic nitrogens is 4. The van der Waals surface area contributed by atoms with E-state index in [1.807, 2.05) is 47.3 Å². The Morgan fingerprint density at radius 1 is 1.04 bits per heavy atom. The first-order chi connectivity index (χ1) is 13.7. The number of benzene rings is 2. The van der Waals surface area contributed by atoms with Gasteiger partial charge in [0.2, 0.25) is 0 Å². The maximum atomic E-state index is 12.5. The molecule has 0 unspecified atom stereocenters. The summed E-state index contributed by atoms with van der Waals surface area (Å²) in [6.45, 7) is 0.656. The zero-order valence-corrected chi connectivity index (χ0v) is 14.9. The summed E-state index contributed by atoms with van der Waals surface area (Å²) >= 11 is 0. The SMILES string of the molecule is O=C(Nc1cccc(-c2ccc(=O)[nH]n2)c1)c1ccc(Cn2cccn2)cc1. The second-order valence-corrected chi connectivity index (χ2v) is 6.24. The van der Waals surface area contributed by atoms with E-state index in [4.69, 9.17) is 0 Å². The van der Waals surface area contributed by atoms with Crippen molar-refractivity contribution in [3.63, 3.8) is 0 Å². The number of carbonyl (C=O) groups excluding carboxylic acids is 1. The maximum absolute atomic E-state index is 12.5. The van der Waals surface area contributed by atoms with Crippen molar-refractivity contribution in [1.82, 2.24) is 20.0 Å². The van der Waals surface area contributed by atoms with Gasteiger partial charge in [0.25, 0.3) is 11.5 Å². The molecule has 0 bridgehead atoms. The number of anilines is 1. The van der Waals surface area contributed by atoms with Gasteiger partial charge in [-0.15, -0.1) is 0 Å². The Morgan fingerprint density at radius 2 is 1.89 bits per heavy atom. The summed E-state index contributed by atoms with van der Waals surface area (Å²) in [7, 11) is 0. The lowest BCUT2D eigenvalue weighted by molar-refractivity contribution is 0.102. The molecule has 0 saturated carbocycles. The molecule has 2 aromatic heterocycles. The minimum atomic E-state index is -0.260. The van der Waals surface area contributed by atoms with E-state index in [1.54, 1.807) is 30.5 Å². The Hall–Kier alpha value is -4.00. The van der Waals surface area contributed by atoms with Gasteiger partial charge in [0, 0.05) is 35.3 Å². The topological polar surface area (TPSA) is 92.7 Å². The largest absolute Gasteiger partial charge is 0.322 e. The molecule has 0 atom stereocenters. The van der Waals surface area contributed by atoms with E-state index < -0.39 is 0 Å². The Morgan fingerprint density at radius 3 is 2.61 bits per heavy atom. The summed E-state index contributed by atoms with van der Waals surface area (Å²) in [5, 5.41) is 13.5. The normalized spacial score (nSPS) is 10.6. The Bertz CT molecular complexity index is 1130. The summed E-state index contributed by atoms with van der Waals surface area (Å²) in [5.41, 5.74) is 3.44. The number of carbonyl (C=O) groups is 1. The highest BCUT2D eigenvalue weighted by molar-refractivity contribution is 6.04. The molecule has 0 saturated heterocycles. The number of hydrogen-bond donors (Lipinski definition) is 2. The van der Waals surface area contributed by atoms with Gasteiger partial charge in [-0.2, -0.15) is 10.2 Å². The lowest BCUT2D eigenvalue weighted by Crippen LogP contribution is -2.12. The molecule has 28 heavy (non-hydrogen) atoms. The van der Waals surface area contributed by atoms with Gasteiger partial charge in [0.15, 0.2) is 0 Å². The fraction of sp³-hybridized carbons (Fsp3) is 0.0476. The van der Waals surface area contributed by atoms with E-state index >= 15 is 0 Å². The summed E-state index contributed by atoms with van der Waals surface area (Å²) in [6.07, 6.45) is 3.63. The zero-order valence-electron chi connectivity index (χ0n) is 14.9. The van der Waals surface area contributed by atoms with Crippen LogP contribution in [0.5, 0.6) is 0 Å². The van der Waals surface area contributed by atoms with Gasteiger partial charge in [0.1, 0.15) is 0 Å². The molecule has 7 nitrogen and oxygen atoms in total. The van der Waals surface area contributed by atoms with Crippen molar-refractivity contribution in [1.29, 1.82) is 0 Å². The molecule has 138 valence electrons. The molecule has 7 heteroatoms. The summed E-state index contributed by atoms with van der Waals surface area (Å²) in [4.78, 5) is 23.7. The van der Waals surface area contributed by atoms with Crippen LogP contribution in [0.3, 0.4) is 0 Å². The Balaban J connectivity index is 1.46. The average Bonchev–Trinajstić information content (AvgIpc) is 3.22. The number of nitrogens with one attached hydrogen (secondary N) is 2.